The summed E-state index contributed by atoms with van der Waals surface area (Å²) in [6.45, 7) is 3.62. The van der Waals surface area contributed by atoms with Gasteiger partial charge < -0.3 is 0 Å². The van der Waals surface area contributed by atoms with E-state index in [1.807, 2.05) is 30.5 Å². The Morgan fingerprint density at radius 3 is 2.92 bits per heavy atom. The highest BCUT2D eigenvalue weighted by atomic mass is 14.6. The van der Waals surface area contributed by atoms with E-state index in [0.717, 1.165) is 11.9 Å². The third-order valence-electron chi connectivity index (χ3n) is 2.05. The summed E-state index contributed by atoms with van der Waals surface area (Å²) in [4.78, 5) is 4.28. The SMILES string of the molecule is C=[C]Cc1ccnc2ccccc12. The number of pyridine rings is 1. The Balaban J connectivity index is 2.68. The number of para-hydroxylation sites is 1. The molecule has 0 bridgehead atoms. The Bertz CT molecular complexity index is 427. The fourth-order valence-electron chi connectivity index (χ4n) is 1.44. The summed E-state index contributed by atoms with van der Waals surface area (Å²) in [7, 11) is 0. The van der Waals surface area contributed by atoms with Gasteiger partial charge in [-0.3, -0.25) is 4.98 Å². The number of benzene rings is 1. The van der Waals surface area contributed by atoms with Crippen LogP contribution in [-0.4, -0.2) is 4.98 Å². The molecule has 1 heteroatoms. The maximum Gasteiger partial charge on any atom is 0.0704 e. The molecule has 0 unspecified atom stereocenters. The normalized spacial score (nSPS) is 10.2. The molecule has 1 nitrogen and oxygen atoms in total. The lowest BCUT2D eigenvalue weighted by Gasteiger charge is -2.01. The molecule has 0 spiro atoms. The minimum Gasteiger partial charge on any atom is -0.256 e. The summed E-state index contributed by atoms with van der Waals surface area (Å²) in [6, 6.07) is 10.1. The molecule has 0 fully saturated rings. The van der Waals surface area contributed by atoms with Crippen molar-refractivity contribution >= 4 is 10.9 Å². The monoisotopic (exact) mass is 168 g/mol. The molecule has 0 N–H and O–H groups in total. The van der Waals surface area contributed by atoms with Gasteiger partial charge in [0.05, 0.1) is 5.52 Å². The van der Waals surface area contributed by atoms with Gasteiger partial charge in [0.15, 0.2) is 0 Å². The average molecular weight is 168 g/mol. The second-order valence-electron chi connectivity index (χ2n) is 2.91. The first-order valence-corrected chi connectivity index (χ1v) is 4.24. The molecule has 0 saturated carbocycles. The first-order chi connectivity index (χ1) is 6.42. The summed E-state index contributed by atoms with van der Waals surface area (Å²) in [5.41, 5.74) is 2.27. The molecule has 0 amide bonds. The molecule has 2 rings (SSSR count). The highest BCUT2D eigenvalue weighted by Crippen LogP contribution is 2.16. The summed E-state index contributed by atoms with van der Waals surface area (Å²) < 4.78 is 0. The third kappa shape index (κ3) is 1.45. The van der Waals surface area contributed by atoms with Crippen LogP contribution in [0, 0.1) is 6.08 Å². The predicted molar refractivity (Wildman–Crippen MR) is 54.3 cm³/mol. The molecule has 0 atom stereocenters. The summed E-state index contributed by atoms with van der Waals surface area (Å²) >= 11 is 0. The quantitative estimate of drug-likeness (QED) is 0.672. The first-order valence-electron chi connectivity index (χ1n) is 4.24. The van der Waals surface area contributed by atoms with Gasteiger partial charge in [0.25, 0.3) is 0 Å². The largest absolute Gasteiger partial charge is 0.256 e. The predicted octanol–water partition coefficient (Wildman–Crippen LogP) is 2.77. The van der Waals surface area contributed by atoms with E-state index in [1.54, 1.807) is 0 Å². The molecule has 1 aromatic carbocycles. The maximum atomic E-state index is 4.28. The fourth-order valence-corrected chi connectivity index (χ4v) is 1.44. The summed E-state index contributed by atoms with van der Waals surface area (Å²) in [6.07, 6.45) is 5.51. The number of aromatic nitrogens is 1. The number of hydrogen-bond acceptors (Lipinski definition) is 1. The van der Waals surface area contributed by atoms with Crippen LogP contribution < -0.4 is 0 Å². The van der Waals surface area contributed by atoms with Gasteiger partial charge in [0.2, 0.25) is 0 Å². The molecule has 63 valence electrons. The Labute approximate surface area is 77.7 Å². The maximum absolute atomic E-state index is 4.28. The molecule has 2 aromatic rings. The Morgan fingerprint density at radius 2 is 2.08 bits per heavy atom. The van der Waals surface area contributed by atoms with Gasteiger partial charge in [-0.25, -0.2) is 0 Å². The molecule has 1 radical (unpaired) electrons. The van der Waals surface area contributed by atoms with E-state index in [-0.39, 0.29) is 0 Å². The van der Waals surface area contributed by atoms with Crippen LogP contribution in [0.25, 0.3) is 10.9 Å². The third-order valence-corrected chi connectivity index (χ3v) is 2.05. The van der Waals surface area contributed by atoms with E-state index in [2.05, 4.69) is 23.7 Å². The van der Waals surface area contributed by atoms with Crippen molar-refractivity contribution in [2.75, 3.05) is 0 Å². The smallest absolute Gasteiger partial charge is 0.0704 e. The Kier molecular flexibility index (Phi) is 2.09. The van der Waals surface area contributed by atoms with Crippen LogP contribution in [0.5, 0.6) is 0 Å². The van der Waals surface area contributed by atoms with E-state index in [4.69, 9.17) is 0 Å². The van der Waals surface area contributed by atoms with E-state index >= 15 is 0 Å². The van der Waals surface area contributed by atoms with Gasteiger partial charge in [0, 0.05) is 11.6 Å². The molecule has 13 heavy (non-hydrogen) atoms. The topological polar surface area (TPSA) is 12.9 Å². The molecule has 0 saturated heterocycles. The highest BCUT2D eigenvalue weighted by molar-refractivity contribution is 5.81. The number of rotatable bonds is 2. The lowest BCUT2D eigenvalue weighted by Crippen LogP contribution is -1.86. The number of nitrogens with zero attached hydrogens (tertiary/aromatic N) is 1. The second-order valence-corrected chi connectivity index (χ2v) is 2.91. The van der Waals surface area contributed by atoms with E-state index in [0.29, 0.717) is 0 Å². The van der Waals surface area contributed by atoms with E-state index in [9.17, 15) is 0 Å². The average Bonchev–Trinajstić information content (AvgIpc) is 2.19. The lowest BCUT2D eigenvalue weighted by atomic mass is 10.1. The lowest BCUT2D eigenvalue weighted by molar-refractivity contribution is 1.24. The number of fused-ring (bicyclic) bond motifs is 1. The van der Waals surface area contributed by atoms with Crippen molar-refractivity contribution in [1.82, 2.24) is 4.98 Å². The van der Waals surface area contributed by atoms with Crippen molar-refractivity contribution in [2.24, 2.45) is 0 Å². The van der Waals surface area contributed by atoms with Crippen molar-refractivity contribution in [1.29, 1.82) is 0 Å². The van der Waals surface area contributed by atoms with Crippen LogP contribution >= 0.6 is 0 Å². The highest BCUT2D eigenvalue weighted by Gasteiger charge is 1.97. The molecular formula is C12H10N. The molecule has 0 aliphatic heterocycles. The minimum absolute atomic E-state index is 0.781. The van der Waals surface area contributed by atoms with Crippen molar-refractivity contribution in [3.8, 4) is 0 Å². The second kappa shape index (κ2) is 3.40. The van der Waals surface area contributed by atoms with Crippen LogP contribution in [0.1, 0.15) is 5.56 Å². The van der Waals surface area contributed by atoms with Gasteiger partial charge in [-0.2, -0.15) is 0 Å². The van der Waals surface area contributed by atoms with Crippen LogP contribution in [0.3, 0.4) is 0 Å². The van der Waals surface area contributed by atoms with Crippen LogP contribution in [0.15, 0.2) is 43.1 Å². The first kappa shape index (κ1) is 7.99. The fraction of sp³-hybridized carbons (Fsp3) is 0.0833. The molecular weight excluding hydrogens is 158 g/mol. The molecule has 1 aromatic heterocycles. The van der Waals surface area contributed by atoms with E-state index < -0.39 is 0 Å². The van der Waals surface area contributed by atoms with Gasteiger partial charge in [0.1, 0.15) is 0 Å². The van der Waals surface area contributed by atoms with Crippen LogP contribution in [-0.2, 0) is 6.42 Å². The van der Waals surface area contributed by atoms with Gasteiger partial charge in [-0.1, -0.05) is 24.8 Å². The van der Waals surface area contributed by atoms with Crippen LogP contribution in [0.2, 0.25) is 0 Å². The van der Waals surface area contributed by atoms with Gasteiger partial charge >= 0.3 is 0 Å². The molecule has 0 aliphatic rings. The summed E-state index contributed by atoms with van der Waals surface area (Å²) in [5, 5.41) is 1.20. The number of allylic oxidation sites excluding steroid dienone is 1. The van der Waals surface area contributed by atoms with Crippen LogP contribution in [0.4, 0.5) is 0 Å². The van der Waals surface area contributed by atoms with Crippen molar-refractivity contribution in [3.05, 3.63) is 54.7 Å². The van der Waals surface area contributed by atoms with E-state index in [1.165, 1.54) is 10.9 Å². The number of hydrogen-bond donors (Lipinski definition) is 0. The minimum atomic E-state index is 0.781. The van der Waals surface area contributed by atoms with Crippen molar-refractivity contribution < 1.29 is 0 Å². The summed E-state index contributed by atoms with van der Waals surface area (Å²) in [5.74, 6) is 0. The zero-order valence-electron chi connectivity index (χ0n) is 7.33. The zero-order chi connectivity index (χ0) is 9.10. The van der Waals surface area contributed by atoms with Crippen molar-refractivity contribution in [3.63, 3.8) is 0 Å². The Hall–Kier alpha value is -1.63. The molecule has 0 aliphatic carbocycles. The van der Waals surface area contributed by atoms with Gasteiger partial charge in [-0.05, 0) is 30.2 Å². The molecule has 1 heterocycles. The van der Waals surface area contributed by atoms with Crippen molar-refractivity contribution in [2.45, 2.75) is 6.42 Å². The zero-order valence-corrected chi connectivity index (χ0v) is 7.33. The Morgan fingerprint density at radius 1 is 1.23 bits per heavy atom. The van der Waals surface area contributed by atoms with Gasteiger partial charge in [-0.15, -0.1) is 0 Å². The standard InChI is InChI=1S/C12H10N/c1-2-5-10-8-9-13-12-7-4-3-6-11(10)12/h3-4,6-9H,1,5H2.